The van der Waals surface area contributed by atoms with E-state index >= 15 is 0 Å². The second-order valence-electron chi connectivity index (χ2n) is 6.35. The Morgan fingerprint density at radius 2 is 1.72 bits per heavy atom. The molecule has 0 radical (unpaired) electrons. The summed E-state index contributed by atoms with van der Waals surface area (Å²) in [4.78, 5) is 13.5. The van der Waals surface area contributed by atoms with Crippen LogP contribution in [0.2, 0.25) is 0 Å². The molecule has 2 heterocycles. The van der Waals surface area contributed by atoms with Crippen molar-refractivity contribution < 1.29 is 0 Å². The smallest absolute Gasteiger partial charge is 0.141 e. The van der Waals surface area contributed by atoms with Gasteiger partial charge in [-0.25, -0.2) is 9.97 Å². The standard InChI is InChI=1S/C19H20BrN5/c1-24-8-10-25(11-9-24)16-5-3-15(4-6-16)23-19-17-12-14(20)2-7-18(17)21-13-22-19/h2-7,12-13H,8-11H2,1H3,(H,21,22,23). The van der Waals surface area contributed by atoms with Crippen molar-refractivity contribution in [3.63, 3.8) is 0 Å². The quantitative estimate of drug-likeness (QED) is 0.725. The van der Waals surface area contributed by atoms with Gasteiger partial charge in [0, 0.05) is 47.4 Å². The third kappa shape index (κ3) is 3.60. The lowest BCUT2D eigenvalue weighted by Gasteiger charge is -2.34. The van der Waals surface area contributed by atoms with Crippen molar-refractivity contribution in [2.75, 3.05) is 43.4 Å². The lowest BCUT2D eigenvalue weighted by atomic mass is 10.2. The fraction of sp³-hybridized carbons (Fsp3) is 0.263. The van der Waals surface area contributed by atoms with E-state index in [1.54, 1.807) is 6.33 Å². The first kappa shape index (κ1) is 16.3. The van der Waals surface area contributed by atoms with Crippen LogP contribution in [0, 0.1) is 0 Å². The molecule has 3 aromatic rings. The highest BCUT2D eigenvalue weighted by Gasteiger charge is 2.14. The molecule has 1 aliphatic heterocycles. The number of nitrogens with one attached hydrogen (secondary N) is 1. The molecule has 1 aliphatic rings. The summed E-state index contributed by atoms with van der Waals surface area (Å²) < 4.78 is 1.02. The zero-order valence-corrected chi connectivity index (χ0v) is 15.7. The first-order valence-electron chi connectivity index (χ1n) is 8.40. The molecule has 0 amide bonds. The van der Waals surface area contributed by atoms with Gasteiger partial charge in [-0.15, -0.1) is 0 Å². The van der Waals surface area contributed by atoms with Crippen molar-refractivity contribution in [2.45, 2.75) is 0 Å². The molecule has 0 spiro atoms. The third-order valence-corrected chi connectivity index (χ3v) is 5.09. The van der Waals surface area contributed by atoms with Gasteiger partial charge in [0.2, 0.25) is 0 Å². The molecule has 4 rings (SSSR count). The maximum absolute atomic E-state index is 4.40. The van der Waals surface area contributed by atoms with Crippen LogP contribution in [-0.2, 0) is 0 Å². The Labute approximate surface area is 155 Å². The minimum Gasteiger partial charge on any atom is -0.369 e. The molecule has 1 N–H and O–H groups in total. The van der Waals surface area contributed by atoms with Crippen LogP contribution < -0.4 is 10.2 Å². The van der Waals surface area contributed by atoms with Crippen molar-refractivity contribution in [3.8, 4) is 0 Å². The number of piperazine rings is 1. The van der Waals surface area contributed by atoms with Gasteiger partial charge in [0.1, 0.15) is 12.1 Å². The van der Waals surface area contributed by atoms with Crippen LogP contribution in [0.25, 0.3) is 10.9 Å². The molecule has 1 fully saturated rings. The number of anilines is 3. The number of likely N-dealkylation sites (N-methyl/N-ethyl adjacent to an activating group) is 1. The molecule has 128 valence electrons. The number of hydrogen-bond acceptors (Lipinski definition) is 5. The highest BCUT2D eigenvalue weighted by molar-refractivity contribution is 9.10. The number of fused-ring (bicyclic) bond motifs is 1. The van der Waals surface area contributed by atoms with E-state index in [0.717, 1.165) is 53.1 Å². The predicted octanol–water partition coefficient (Wildman–Crippen LogP) is 3.89. The lowest BCUT2D eigenvalue weighted by Crippen LogP contribution is -2.44. The largest absolute Gasteiger partial charge is 0.369 e. The summed E-state index contributed by atoms with van der Waals surface area (Å²) in [5.41, 5.74) is 3.22. The molecule has 0 unspecified atom stereocenters. The van der Waals surface area contributed by atoms with Crippen LogP contribution in [0.15, 0.2) is 53.3 Å². The van der Waals surface area contributed by atoms with Gasteiger partial charge in [0.15, 0.2) is 0 Å². The van der Waals surface area contributed by atoms with Crippen LogP contribution in [0.3, 0.4) is 0 Å². The first-order valence-corrected chi connectivity index (χ1v) is 9.19. The summed E-state index contributed by atoms with van der Waals surface area (Å²) in [6.07, 6.45) is 1.59. The van der Waals surface area contributed by atoms with E-state index < -0.39 is 0 Å². The molecule has 0 saturated carbocycles. The van der Waals surface area contributed by atoms with Crippen molar-refractivity contribution >= 4 is 44.0 Å². The van der Waals surface area contributed by atoms with E-state index in [4.69, 9.17) is 0 Å². The Bertz CT molecular complexity index is 873. The van der Waals surface area contributed by atoms with Gasteiger partial charge in [-0.3, -0.25) is 0 Å². The molecule has 2 aromatic carbocycles. The summed E-state index contributed by atoms with van der Waals surface area (Å²) in [7, 11) is 2.18. The van der Waals surface area contributed by atoms with Gasteiger partial charge < -0.3 is 15.1 Å². The van der Waals surface area contributed by atoms with Crippen molar-refractivity contribution in [2.24, 2.45) is 0 Å². The lowest BCUT2D eigenvalue weighted by molar-refractivity contribution is 0.313. The number of aromatic nitrogens is 2. The Kier molecular flexibility index (Phi) is 4.55. The summed E-state index contributed by atoms with van der Waals surface area (Å²) >= 11 is 3.52. The van der Waals surface area contributed by atoms with Gasteiger partial charge >= 0.3 is 0 Å². The average Bonchev–Trinajstić information content (AvgIpc) is 2.64. The second kappa shape index (κ2) is 6.98. The van der Waals surface area contributed by atoms with E-state index in [2.05, 4.69) is 72.3 Å². The normalized spacial score (nSPS) is 15.5. The van der Waals surface area contributed by atoms with Crippen LogP contribution in [0.4, 0.5) is 17.2 Å². The highest BCUT2D eigenvalue weighted by atomic mass is 79.9. The topological polar surface area (TPSA) is 44.3 Å². The molecule has 0 atom stereocenters. The third-order valence-electron chi connectivity index (χ3n) is 4.60. The molecular weight excluding hydrogens is 378 g/mol. The van der Waals surface area contributed by atoms with Crippen molar-refractivity contribution in [3.05, 3.63) is 53.3 Å². The molecule has 6 heteroatoms. The fourth-order valence-electron chi connectivity index (χ4n) is 3.09. The minimum atomic E-state index is 0.818. The number of nitrogens with zero attached hydrogens (tertiary/aromatic N) is 4. The molecular formula is C19H20BrN5. The van der Waals surface area contributed by atoms with E-state index in [1.165, 1.54) is 5.69 Å². The van der Waals surface area contributed by atoms with Crippen LogP contribution in [0.5, 0.6) is 0 Å². The number of rotatable bonds is 3. The maximum atomic E-state index is 4.40. The number of benzene rings is 2. The Morgan fingerprint density at radius 3 is 2.48 bits per heavy atom. The van der Waals surface area contributed by atoms with E-state index in [1.807, 2.05) is 18.2 Å². The Hall–Kier alpha value is -2.18. The SMILES string of the molecule is CN1CCN(c2ccc(Nc3ncnc4ccc(Br)cc34)cc2)CC1. The second-order valence-corrected chi connectivity index (χ2v) is 7.26. The number of halogens is 1. The van der Waals surface area contributed by atoms with Gasteiger partial charge in [-0.2, -0.15) is 0 Å². The zero-order valence-electron chi connectivity index (χ0n) is 14.1. The van der Waals surface area contributed by atoms with Gasteiger partial charge in [0.25, 0.3) is 0 Å². The zero-order chi connectivity index (χ0) is 17.2. The van der Waals surface area contributed by atoms with E-state index in [-0.39, 0.29) is 0 Å². The summed E-state index contributed by atoms with van der Waals surface area (Å²) in [5, 5.41) is 4.41. The molecule has 5 nitrogen and oxygen atoms in total. The minimum absolute atomic E-state index is 0.818. The van der Waals surface area contributed by atoms with Gasteiger partial charge in [0.05, 0.1) is 5.52 Å². The summed E-state index contributed by atoms with van der Waals surface area (Å²) in [5.74, 6) is 0.818. The van der Waals surface area contributed by atoms with Crippen LogP contribution >= 0.6 is 15.9 Å². The monoisotopic (exact) mass is 397 g/mol. The van der Waals surface area contributed by atoms with Crippen LogP contribution in [-0.4, -0.2) is 48.1 Å². The van der Waals surface area contributed by atoms with Crippen molar-refractivity contribution in [1.29, 1.82) is 0 Å². The first-order chi connectivity index (χ1) is 12.2. The molecule has 0 bridgehead atoms. The summed E-state index contributed by atoms with van der Waals surface area (Å²) in [6, 6.07) is 14.6. The molecule has 0 aliphatic carbocycles. The molecule has 1 aromatic heterocycles. The maximum Gasteiger partial charge on any atom is 0.141 e. The van der Waals surface area contributed by atoms with Crippen molar-refractivity contribution in [1.82, 2.24) is 14.9 Å². The molecule has 1 saturated heterocycles. The number of hydrogen-bond donors (Lipinski definition) is 1. The van der Waals surface area contributed by atoms with Gasteiger partial charge in [-0.1, -0.05) is 15.9 Å². The Morgan fingerprint density at radius 1 is 0.960 bits per heavy atom. The van der Waals surface area contributed by atoms with Crippen LogP contribution in [0.1, 0.15) is 0 Å². The predicted molar refractivity (Wildman–Crippen MR) is 107 cm³/mol. The Balaban J connectivity index is 1.55. The fourth-order valence-corrected chi connectivity index (χ4v) is 3.45. The van der Waals surface area contributed by atoms with E-state index in [0.29, 0.717) is 0 Å². The highest BCUT2D eigenvalue weighted by Crippen LogP contribution is 2.27. The summed E-state index contributed by atoms with van der Waals surface area (Å²) in [6.45, 7) is 4.38. The van der Waals surface area contributed by atoms with Gasteiger partial charge in [-0.05, 0) is 49.5 Å². The van der Waals surface area contributed by atoms with E-state index in [9.17, 15) is 0 Å². The molecule has 25 heavy (non-hydrogen) atoms. The average molecular weight is 398 g/mol.